The number of nitrogens with zero attached hydrogens (tertiary/aromatic N) is 5. The topological polar surface area (TPSA) is 124 Å². The summed E-state index contributed by atoms with van der Waals surface area (Å²) in [5, 5.41) is 9.92. The number of aromatic nitrogens is 1. The second-order valence-corrected chi connectivity index (χ2v) is 12.6. The molecule has 1 unspecified atom stereocenters. The Balaban J connectivity index is 1.56. The number of pyridine rings is 1. The molecule has 1 fully saturated rings. The van der Waals surface area contributed by atoms with E-state index in [-0.39, 0.29) is 16.4 Å². The molecule has 0 N–H and O–H groups in total. The molecule has 6 rings (SSSR count). The SMILES string of the molecule is CCOc1ccccc1C1(N2CCN(c3ccncc3)CC2)C(=O)N(S(=O)(=O)c2ccc(C(C)=O)cc2)c2ccc(C#N)cc21. The number of rotatable bonds is 8. The van der Waals surface area contributed by atoms with Crippen molar-refractivity contribution in [2.24, 2.45) is 0 Å². The van der Waals surface area contributed by atoms with Gasteiger partial charge in [0, 0.05) is 61.0 Å². The molecular formula is C34H31N5O5S. The molecule has 4 aromatic rings. The number of fused-ring (bicyclic) bond motifs is 1. The minimum absolute atomic E-state index is 0.132. The van der Waals surface area contributed by atoms with Crippen molar-refractivity contribution < 1.29 is 22.7 Å². The molecule has 11 heteroatoms. The van der Waals surface area contributed by atoms with Gasteiger partial charge >= 0.3 is 0 Å². The van der Waals surface area contributed by atoms with E-state index in [1.807, 2.05) is 24.0 Å². The number of ketones is 1. The summed E-state index contributed by atoms with van der Waals surface area (Å²) in [6, 6.07) is 23.4. The minimum Gasteiger partial charge on any atom is -0.493 e. The number of Topliss-reactive ketones (excluding diaryl/α,β-unsaturated/α-hetero) is 1. The number of hydrogen-bond donors (Lipinski definition) is 0. The van der Waals surface area contributed by atoms with Crippen molar-refractivity contribution in [2.75, 3.05) is 42.0 Å². The first-order chi connectivity index (χ1) is 21.7. The maximum absolute atomic E-state index is 15.2. The molecule has 1 aromatic heterocycles. The van der Waals surface area contributed by atoms with Gasteiger partial charge in [0.15, 0.2) is 11.3 Å². The van der Waals surface area contributed by atoms with Crippen LogP contribution in [0.2, 0.25) is 0 Å². The Kier molecular flexibility index (Phi) is 7.87. The van der Waals surface area contributed by atoms with E-state index in [1.54, 1.807) is 42.7 Å². The van der Waals surface area contributed by atoms with Crippen LogP contribution in [-0.2, 0) is 20.4 Å². The van der Waals surface area contributed by atoms with Gasteiger partial charge in [0.1, 0.15) is 5.75 Å². The molecule has 3 heterocycles. The molecule has 2 aliphatic rings. The number of amides is 1. The van der Waals surface area contributed by atoms with Gasteiger partial charge in [0.05, 0.1) is 28.8 Å². The molecule has 0 bridgehead atoms. The predicted octanol–water partition coefficient (Wildman–Crippen LogP) is 4.36. The first-order valence-corrected chi connectivity index (χ1v) is 16.0. The van der Waals surface area contributed by atoms with Crippen LogP contribution in [0.3, 0.4) is 0 Å². The highest BCUT2D eigenvalue weighted by Crippen LogP contribution is 2.53. The summed E-state index contributed by atoms with van der Waals surface area (Å²) in [7, 11) is -4.46. The number of piperazine rings is 1. The van der Waals surface area contributed by atoms with Gasteiger partial charge in [0.2, 0.25) is 0 Å². The Morgan fingerprint density at radius 1 is 0.956 bits per heavy atom. The molecule has 1 saturated heterocycles. The van der Waals surface area contributed by atoms with Crippen LogP contribution < -0.4 is 13.9 Å². The Hall–Kier alpha value is -5.05. The lowest BCUT2D eigenvalue weighted by Crippen LogP contribution is -2.60. The first kappa shape index (κ1) is 30.0. The molecule has 3 aromatic carbocycles. The normalized spacial score (nSPS) is 18.4. The van der Waals surface area contributed by atoms with Crippen molar-refractivity contribution in [3.05, 3.63) is 114 Å². The number of para-hydroxylation sites is 1. The van der Waals surface area contributed by atoms with Gasteiger partial charge in [-0.3, -0.25) is 19.5 Å². The molecule has 0 aliphatic carbocycles. The van der Waals surface area contributed by atoms with Crippen molar-refractivity contribution in [2.45, 2.75) is 24.3 Å². The molecule has 0 saturated carbocycles. The first-order valence-electron chi connectivity index (χ1n) is 14.6. The Bertz CT molecular complexity index is 1920. The number of anilines is 2. The number of carbonyl (C=O) groups excluding carboxylic acids is 2. The van der Waals surface area contributed by atoms with Crippen molar-refractivity contribution in [3.63, 3.8) is 0 Å². The molecule has 2 aliphatic heterocycles. The third kappa shape index (κ3) is 4.92. The smallest absolute Gasteiger partial charge is 0.271 e. The van der Waals surface area contributed by atoms with Crippen molar-refractivity contribution in [1.29, 1.82) is 5.26 Å². The molecule has 45 heavy (non-hydrogen) atoms. The van der Waals surface area contributed by atoms with Crippen LogP contribution in [-0.4, -0.2) is 62.8 Å². The number of ether oxygens (including phenoxy) is 1. The molecule has 228 valence electrons. The van der Waals surface area contributed by atoms with E-state index in [4.69, 9.17) is 4.74 Å². The largest absolute Gasteiger partial charge is 0.493 e. The van der Waals surface area contributed by atoms with Gasteiger partial charge in [0.25, 0.3) is 15.9 Å². The maximum atomic E-state index is 15.2. The standard InChI is InChI=1S/C34H31N5O5S/c1-3-44-32-7-5-4-6-29(32)34(38-20-18-37(19-21-38)27-14-16-36-17-15-27)30-22-25(23-35)8-13-31(30)39(33(34)41)45(42,43)28-11-9-26(10-12-28)24(2)40/h4-17,22H,3,18-21H2,1-2H3. The summed E-state index contributed by atoms with van der Waals surface area (Å²) in [4.78, 5) is 35.2. The lowest BCUT2D eigenvalue weighted by atomic mass is 9.80. The highest BCUT2D eigenvalue weighted by Gasteiger charge is 2.60. The monoisotopic (exact) mass is 621 g/mol. The average molecular weight is 622 g/mol. The minimum atomic E-state index is -4.46. The zero-order valence-electron chi connectivity index (χ0n) is 24.9. The second-order valence-electron chi connectivity index (χ2n) is 10.8. The van der Waals surface area contributed by atoms with Crippen molar-refractivity contribution >= 4 is 33.1 Å². The number of carbonyl (C=O) groups is 2. The zero-order chi connectivity index (χ0) is 31.8. The average Bonchev–Trinajstić information content (AvgIpc) is 3.34. The third-order valence-corrected chi connectivity index (χ3v) is 10.1. The molecular weight excluding hydrogens is 590 g/mol. The summed E-state index contributed by atoms with van der Waals surface area (Å²) in [6.07, 6.45) is 3.46. The van der Waals surface area contributed by atoms with Gasteiger partial charge in [-0.25, -0.2) is 12.7 Å². The molecule has 1 atom stereocenters. The highest BCUT2D eigenvalue weighted by atomic mass is 32.2. The van der Waals surface area contributed by atoms with Crippen LogP contribution in [0, 0.1) is 11.3 Å². The zero-order valence-corrected chi connectivity index (χ0v) is 25.7. The number of sulfonamides is 1. The van der Waals surface area contributed by atoms with Gasteiger partial charge in [-0.05, 0) is 62.4 Å². The van der Waals surface area contributed by atoms with Crippen molar-refractivity contribution in [1.82, 2.24) is 9.88 Å². The van der Waals surface area contributed by atoms with Gasteiger partial charge in [-0.1, -0.05) is 30.3 Å². The lowest BCUT2D eigenvalue weighted by molar-refractivity contribution is -0.127. The van der Waals surface area contributed by atoms with Crippen LogP contribution in [0.15, 0.2) is 96.2 Å². The molecule has 1 amide bonds. The number of benzene rings is 3. The van der Waals surface area contributed by atoms with Gasteiger partial charge in [-0.2, -0.15) is 5.26 Å². The fourth-order valence-corrected chi connectivity index (χ4v) is 7.75. The third-order valence-electron chi connectivity index (χ3n) is 8.39. The second kappa shape index (κ2) is 11.8. The summed E-state index contributed by atoms with van der Waals surface area (Å²) >= 11 is 0. The quantitative estimate of drug-likeness (QED) is 0.264. The van der Waals surface area contributed by atoms with E-state index >= 15 is 4.79 Å². The van der Waals surface area contributed by atoms with E-state index < -0.39 is 21.5 Å². The van der Waals surface area contributed by atoms with E-state index in [2.05, 4.69) is 16.0 Å². The predicted molar refractivity (Wildman–Crippen MR) is 169 cm³/mol. The van der Waals surface area contributed by atoms with E-state index in [0.717, 1.165) is 9.99 Å². The van der Waals surface area contributed by atoms with E-state index in [1.165, 1.54) is 43.3 Å². The van der Waals surface area contributed by atoms with Crippen LogP contribution in [0.4, 0.5) is 11.4 Å². The van der Waals surface area contributed by atoms with Crippen LogP contribution >= 0.6 is 0 Å². The van der Waals surface area contributed by atoms with E-state index in [0.29, 0.717) is 60.8 Å². The highest BCUT2D eigenvalue weighted by molar-refractivity contribution is 7.93. The maximum Gasteiger partial charge on any atom is 0.271 e. The summed E-state index contributed by atoms with van der Waals surface area (Å²) in [6.45, 7) is 5.50. The molecule has 10 nitrogen and oxygen atoms in total. The lowest BCUT2D eigenvalue weighted by Gasteiger charge is -2.46. The van der Waals surface area contributed by atoms with Gasteiger partial charge < -0.3 is 9.64 Å². The number of nitriles is 1. The summed E-state index contributed by atoms with van der Waals surface area (Å²) in [5.74, 6) is -0.445. The summed E-state index contributed by atoms with van der Waals surface area (Å²) in [5.41, 5.74) is 1.07. The van der Waals surface area contributed by atoms with Crippen LogP contribution in [0.1, 0.15) is 40.9 Å². The number of hydrogen-bond acceptors (Lipinski definition) is 9. The Morgan fingerprint density at radius 2 is 1.64 bits per heavy atom. The van der Waals surface area contributed by atoms with Crippen molar-refractivity contribution in [3.8, 4) is 11.8 Å². The molecule has 0 spiro atoms. The van der Waals surface area contributed by atoms with Gasteiger partial charge in [-0.15, -0.1) is 0 Å². The summed E-state index contributed by atoms with van der Waals surface area (Å²) < 4.78 is 35.7. The Morgan fingerprint density at radius 3 is 2.29 bits per heavy atom. The fraction of sp³-hybridized carbons (Fsp3) is 0.235. The molecule has 0 radical (unpaired) electrons. The van der Waals surface area contributed by atoms with E-state index in [9.17, 15) is 18.5 Å². The Labute approximate surface area is 262 Å². The fourth-order valence-electron chi connectivity index (χ4n) is 6.29. The van der Waals surface area contributed by atoms with Crippen LogP contribution in [0.25, 0.3) is 0 Å². The van der Waals surface area contributed by atoms with Crippen LogP contribution in [0.5, 0.6) is 5.75 Å².